The Morgan fingerprint density at radius 1 is 1.57 bits per heavy atom. The van der Waals surface area contributed by atoms with Gasteiger partial charge in [0.1, 0.15) is 0 Å². The number of nitriles is 1. The van der Waals surface area contributed by atoms with Gasteiger partial charge in [-0.1, -0.05) is 0 Å². The van der Waals surface area contributed by atoms with Gasteiger partial charge in [-0.2, -0.15) is 10.4 Å². The number of hydrogen-bond donors (Lipinski definition) is 0. The topological polar surface area (TPSA) is 87.2 Å². The molecule has 0 spiro atoms. The Hall–Kier alpha value is -2.66. The molecule has 118 valence electrons. The second-order valence-corrected chi connectivity index (χ2v) is 5.52. The molecule has 1 amide bonds. The van der Waals surface area contributed by atoms with Gasteiger partial charge in [-0.25, -0.2) is 4.68 Å². The van der Waals surface area contributed by atoms with Crippen molar-refractivity contribution in [3.63, 3.8) is 0 Å². The number of nitrogens with zero attached hydrogens (tertiary/aromatic N) is 6. The first-order valence-corrected chi connectivity index (χ1v) is 8.09. The fraction of sp³-hybridized carbons (Fsp3) is 0.333. The van der Waals surface area contributed by atoms with Crippen LogP contribution in [0.25, 0.3) is 5.69 Å². The van der Waals surface area contributed by atoms with Crippen LogP contribution in [-0.2, 0) is 16.4 Å². The lowest BCUT2D eigenvalue weighted by molar-refractivity contribution is -0.118. The third-order valence-electron chi connectivity index (χ3n) is 3.20. The predicted octanol–water partition coefficient (Wildman–Crippen LogP) is 2.07. The van der Waals surface area contributed by atoms with Crippen LogP contribution in [0.3, 0.4) is 0 Å². The fourth-order valence-electron chi connectivity index (χ4n) is 2.16. The Bertz CT molecular complexity index is 734. The average Bonchev–Trinajstić information content (AvgIpc) is 2.95. The van der Waals surface area contributed by atoms with E-state index in [9.17, 15) is 4.79 Å². The van der Waals surface area contributed by atoms with Gasteiger partial charge in [-0.15, -0.1) is 0 Å². The monoisotopic (exact) mass is 329 g/mol. The van der Waals surface area contributed by atoms with Crippen molar-refractivity contribution >= 4 is 23.2 Å². The van der Waals surface area contributed by atoms with Crippen molar-refractivity contribution in [1.29, 1.82) is 5.26 Å². The molecule has 0 aliphatic carbocycles. The molecule has 2 aromatic heterocycles. The van der Waals surface area contributed by atoms with Crippen molar-refractivity contribution in [2.45, 2.75) is 20.3 Å². The maximum absolute atomic E-state index is 12.4. The smallest absolute Gasteiger partial charge is 0.309 e. The number of aromatic nitrogens is 3. The lowest BCUT2D eigenvalue weighted by Crippen LogP contribution is -2.31. The van der Waals surface area contributed by atoms with E-state index in [1.807, 2.05) is 32.2 Å². The summed E-state index contributed by atoms with van der Waals surface area (Å²) in [5, 5.41) is 12.8. The molecular formula is C15H17N6OS+. The molecule has 2 aromatic rings. The molecule has 0 bridgehead atoms. The number of rotatable bonds is 6. The number of hydrogen-bond acceptors (Lipinski definition) is 5. The minimum Gasteiger partial charge on any atom is -0.309 e. The van der Waals surface area contributed by atoms with Crippen LogP contribution in [0.5, 0.6) is 0 Å². The molecule has 0 aliphatic heterocycles. The highest BCUT2D eigenvalue weighted by molar-refractivity contribution is 7.68. The second-order valence-electron chi connectivity index (χ2n) is 4.67. The minimum absolute atomic E-state index is 0.0121. The molecule has 0 atom stereocenters. The number of carbonyl (C=O) groups excluding carboxylic acids is 1. The molecule has 0 unspecified atom stereocenters. The molecule has 0 aromatic carbocycles. The molecule has 0 saturated carbocycles. The summed E-state index contributed by atoms with van der Waals surface area (Å²) in [7, 11) is 0. The highest BCUT2D eigenvalue weighted by Crippen LogP contribution is 2.21. The van der Waals surface area contributed by atoms with Crippen molar-refractivity contribution < 1.29 is 4.79 Å². The van der Waals surface area contributed by atoms with E-state index in [1.165, 1.54) is 0 Å². The van der Waals surface area contributed by atoms with E-state index >= 15 is 0 Å². The van der Waals surface area contributed by atoms with Gasteiger partial charge in [-0.05, 0) is 26.0 Å². The summed E-state index contributed by atoms with van der Waals surface area (Å²) in [5.41, 5.74) is 2.40. The maximum atomic E-state index is 12.4. The SMILES string of the molecule is CCN(C(=O)CC[S+]=NC#N)c1cn(-c2cccnc2)nc1C. The predicted molar refractivity (Wildman–Crippen MR) is 89.0 cm³/mol. The van der Waals surface area contributed by atoms with Gasteiger partial charge in [0, 0.05) is 12.7 Å². The lowest BCUT2D eigenvalue weighted by atomic mass is 10.3. The van der Waals surface area contributed by atoms with Crippen molar-refractivity contribution in [3.8, 4) is 11.9 Å². The normalized spacial score (nSPS) is 10.7. The van der Waals surface area contributed by atoms with E-state index in [0.717, 1.165) is 28.6 Å². The van der Waals surface area contributed by atoms with Crippen LogP contribution in [0.4, 0.5) is 5.69 Å². The quantitative estimate of drug-likeness (QED) is 0.599. The standard InChI is InChI=1S/C15H17N6OS/c1-3-20(15(22)6-8-23-18-11-16)14-10-21(19-12(14)2)13-5-4-7-17-9-13/h4-5,7,9-10H,3,6,8H2,1-2H3/q+1. The zero-order valence-corrected chi connectivity index (χ0v) is 13.8. The van der Waals surface area contributed by atoms with Crippen LogP contribution in [0, 0.1) is 18.4 Å². The Kier molecular flexibility index (Phi) is 5.88. The molecule has 0 saturated heterocycles. The van der Waals surface area contributed by atoms with Gasteiger partial charge >= 0.3 is 11.6 Å². The summed E-state index contributed by atoms with van der Waals surface area (Å²) in [5.74, 6) is 0.473. The summed E-state index contributed by atoms with van der Waals surface area (Å²) in [6.45, 7) is 4.35. The van der Waals surface area contributed by atoms with E-state index < -0.39 is 0 Å². The average molecular weight is 329 g/mol. The first kappa shape index (κ1) is 16.7. The highest BCUT2D eigenvalue weighted by Gasteiger charge is 2.20. The molecule has 0 aliphatic rings. The third kappa shape index (κ3) is 4.17. The number of aryl methyl sites for hydroxylation is 1. The zero-order valence-electron chi connectivity index (χ0n) is 13.0. The molecular weight excluding hydrogens is 312 g/mol. The van der Waals surface area contributed by atoms with Gasteiger partial charge in [0.2, 0.25) is 11.7 Å². The van der Waals surface area contributed by atoms with E-state index in [1.54, 1.807) is 28.2 Å². The fourth-order valence-corrected chi connectivity index (χ4v) is 2.58. The zero-order chi connectivity index (χ0) is 16.7. The van der Waals surface area contributed by atoms with Crippen LogP contribution in [-0.4, -0.2) is 33.0 Å². The number of carbonyl (C=O) groups is 1. The summed E-state index contributed by atoms with van der Waals surface area (Å²) in [6.07, 6.45) is 7.26. The molecule has 2 rings (SSSR count). The van der Waals surface area contributed by atoms with Gasteiger partial charge in [0.05, 0.1) is 40.2 Å². The van der Waals surface area contributed by atoms with Crippen molar-refractivity contribution in [1.82, 2.24) is 14.8 Å². The summed E-state index contributed by atoms with van der Waals surface area (Å²) in [6, 6.07) is 3.74. The summed E-state index contributed by atoms with van der Waals surface area (Å²) < 4.78 is 5.21. The van der Waals surface area contributed by atoms with Crippen LogP contribution >= 0.6 is 0 Å². The van der Waals surface area contributed by atoms with Crippen LogP contribution in [0.2, 0.25) is 0 Å². The minimum atomic E-state index is -0.0121. The van der Waals surface area contributed by atoms with E-state index in [-0.39, 0.29) is 5.91 Å². The molecule has 8 heteroatoms. The third-order valence-corrected chi connectivity index (χ3v) is 3.80. The van der Waals surface area contributed by atoms with Gasteiger partial charge < -0.3 is 4.90 Å². The number of anilines is 1. The molecule has 7 nitrogen and oxygen atoms in total. The molecule has 23 heavy (non-hydrogen) atoms. The molecule has 0 N–H and O–H groups in total. The van der Waals surface area contributed by atoms with Crippen molar-refractivity contribution in [2.75, 3.05) is 17.2 Å². The van der Waals surface area contributed by atoms with Gasteiger partial charge in [0.25, 0.3) is 6.19 Å². The van der Waals surface area contributed by atoms with Crippen molar-refractivity contribution in [3.05, 3.63) is 36.4 Å². The van der Waals surface area contributed by atoms with E-state index in [2.05, 4.69) is 14.4 Å². The molecule has 0 radical (unpaired) electrons. The number of amides is 1. The van der Waals surface area contributed by atoms with Gasteiger partial charge in [-0.3, -0.25) is 9.78 Å². The Morgan fingerprint density at radius 2 is 2.39 bits per heavy atom. The summed E-state index contributed by atoms with van der Waals surface area (Å²) >= 11 is 1.10. The first-order valence-electron chi connectivity index (χ1n) is 7.15. The van der Waals surface area contributed by atoms with E-state index in [0.29, 0.717) is 18.7 Å². The Morgan fingerprint density at radius 3 is 3.04 bits per heavy atom. The van der Waals surface area contributed by atoms with Crippen LogP contribution in [0.1, 0.15) is 19.0 Å². The highest BCUT2D eigenvalue weighted by atomic mass is 32.1. The maximum Gasteiger partial charge on any atom is 0.328 e. The first-order chi connectivity index (χ1) is 11.2. The largest absolute Gasteiger partial charge is 0.328 e. The van der Waals surface area contributed by atoms with Gasteiger partial charge in [0.15, 0.2) is 0 Å². The lowest BCUT2D eigenvalue weighted by Gasteiger charge is -2.18. The van der Waals surface area contributed by atoms with E-state index in [4.69, 9.17) is 5.26 Å². The molecule has 0 fully saturated rings. The van der Waals surface area contributed by atoms with Crippen LogP contribution < -0.4 is 4.90 Å². The summed E-state index contributed by atoms with van der Waals surface area (Å²) in [4.78, 5) is 18.1. The Balaban J connectivity index is 2.18. The molecule has 2 heterocycles. The second kappa shape index (κ2) is 8.10. The van der Waals surface area contributed by atoms with Crippen molar-refractivity contribution in [2.24, 2.45) is 4.36 Å². The number of pyridine rings is 1. The van der Waals surface area contributed by atoms with Crippen LogP contribution in [0.15, 0.2) is 35.1 Å². The Labute approximate surface area is 138 Å².